The second-order valence-corrected chi connectivity index (χ2v) is 7.83. The number of nitrogens with zero attached hydrogens (tertiary/aromatic N) is 2. The first-order valence-electron chi connectivity index (χ1n) is 10.2. The molecule has 6 nitrogen and oxygen atoms in total. The van der Waals surface area contributed by atoms with Gasteiger partial charge >= 0.3 is 0 Å². The number of hydrogen-bond acceptors (Lipinski definition) is 5. The molecule has 0 aromatic heterocycles. The van der Waals surface area contributed by atoms with E-state index in [0.29, 0.717) is 31.0 Å². The maximum Gasteiger partial charge on any atom is 0.295 e. The minimum atomic E-state index is -0.672. The van der Waals surface area contributed by atoms with E-state index < -0.39 is 17.7 Å². The van der Waals surface area contributed by atoms with Gasteiger partial charge in [0, 0.05) is 18.7 Å². The first-order chi connectivity index (χ1) is 14.8. The number of ketones is 1. The van der Waals surface area contributed by atoms with Gasteiger partial charge < -0.3 is 19.6 Å². The van der Waals surface area contributed by atoms with Gasteiger partial charge in [0.1, 0.15) is 18.1 Å². The number of aryl methyl sites for hydroxylation is 1. The molecule has 1 N–H and O–H groups in total. The summed E-state index contributed by atoms with van der Waals surface area (Å²) in [6.07, 6.45) is 1.66. The van der Waals surface area contributed by atoms with Gasteiger partial charge in [0.15, 0.2) is 0 Å². The van der Waals surface area contributed by atoms with Crippen LogP contribution in [-0.4, -0.2) is 60.4 Å². The molecule has 162 valence electrons. The van der Waals surface area contributed by atoms with Gasteiger partial charge in [-0.25, -0.2) is 0 Å². The van der Waals surface area contributed by atoms with E-state index in [1.54, 1.807) is 30.3 Å². The molecule has 0 aliphatic carbocycles. The number of likely N-dealkylation sites (N-methyl/N-ethyl adjacent to an activating group) is 1. The summed E-state index contributed by atoms with van der Waals surface area (Å²) < 4.78 is 5.54. The van der Waals surface area contributed by atoms with E-state index in [0.717, 1.165) is 11.1 Å². The summed E-state index contributed by atoms with van der Waals surface area (Å²) in [4.78, 5) is 29.3. The number of likely N-dealkylation sites (tertiary alicyclic amines) is 1. The molecule has 31 heavy (non-hydrogen) atoms. The SMILES string of the molecule is C=CCOc1ccc([C@@H]2/C(=C(\O)c3ccc(C)cc3)C(=O)C(=O)N2CCN(C)C)cc1. The van der Waals surface area contributed by atoms with Crippen molar-refractivity contribution in [3.63, 3.8) is 0 Å². The fraction of sp³-hybridized carbons (Fsp3) is 0.280. The summed E-state index contributed by atoms with van der Waals surface area (Å²) in [6.45, 7) is 6.92. The average Bonchev–Trinajstić information content (AvgIpc) is 3.01. The fourth-order valence-corrected chi connectivity index (χ4v) is 3.53. The number of aliphatic hydroxyl groups excluding tert-OH is 1. The summed E-state index contributed by atoms with van der Waals surface area (Å²) in [5, 5.41) is 11.0. The van der Waals surface area contributed by atoms with Gasteiger partial charge in [-0.05, 0) is 38.7 Å². The van der Waals surface area contributed by atoms with Crippen LogP contribution >= 0.6 is 0 Å². The third-order valence-electron chi connectivity index (χ3n) is 5.22. The molecule has 0 radical (unpaired) electrons. The lowest BCUT2D eigenvalue weighted by Crippen LogP contribution is -2.35. The van der Waals surface area contributed by atoms with Crippen molar-refractivity contribution in [3.05, 3.63) is 83.4 Å². The monoisotopic (exact) mass is 420 g/mol. The van der Waals surface area contributed by atoms with Crippen molar-refractivity contribution < 1.29 is 19.4 Å². The number of amides is 1. The van der Waals surface area contributed by atoms with Crippen LogP contribution in [0.2, 0.25) is 0 Å². The number of benzene rings is 2. The minimum Gasteiger partial charge on any atom is -0.507 e. The Labute approximate surface area is 183 Å². The highest BCUT2D eigenvalue weighted by molar-refractivity contribution is 6.46. The molecule has 1 heterocycles. The van der Waals surface area contributed by atoms with Crippen molar-refractivity contribution in [3.8, 4) is 5.75 Å². The molecule has 1 amide bonds. The van der Waals surface area contributed by atoms with Crippen molar-refractivity contribution in [1.29, 1.82) is 0 Å². The summed E-state index contributed by atoms with van der Waals surface area (Å²) in [7, 11) is 3.81. The van der Waals surface area contributed by atoms with Crippen LogP contribution in [0.1, 0.15) is 22.7 Å². The molecular weight excluding hydrogens is 392 g/mol. The Bertz CT molecular complexity index is 991. The van der Waals surface area contributed by atoms with Crippen molar-refractivity contribution in [1.82, 2.24) is 9.80 Å². The zero-order chi connectivity index (χ0) is 22.5. The lowest BCUT2D eigenvalue weighted by atomic mass is 9.95. The summed E-state index contributed by atoms with van der Waals surface area (Å²) in [6, 6.07) is 13.8. The number of ether oxygens (including phenoxy) is 1. The van der Waals surface area contributed by atoms with Gasteiger partial charge in [0.2, 0.25) is 0 Å². The van der Waals surface area contributed by atoms with E-state index in [2.05, 4.69) is 6.58 Å². The Morgan fingerprint density at radius 3 is 2.35 bits per heavy atom. The van der Waals surface area contributed by atoms with Gasteiger partial charge in [-0.1, -0.05) is 54.6 Å². The van der Waals surface area contributed by atoms with Crippen LogP contribution in [0, 0.1) is 6.92 Å². The molecule has 1 aliphatic heterocycles. The lowest BCUT2D eigenvalue weighted by Gasteiger charge is -2.26. The van der Waals surface area contributed by atoms with Crippen LogP contribution in [0.5, 0.6) is 5.75 Å². The van der Waals surface area contributed by atoms with Crippen molar-refractivity contribution in [2.24, 2.45) is 0 Å². The lowest BCUT2D eigenvalue weighted by molar-refractivity contribution is -0.140. The largest absolute Gasteiger partial charge is 0.507 e. The second-order valence-electron chi connectivity index (χ2n) is 7.83. The van der Waals surface area contributed by atoms with Gasteiger partial charge in [0.05, 0.1) is 11.6 Å². The standard InChI is InChI=1S/C25H28N2O4/c1-5-16-31-20-12-10-18(11-13-20)22-21(23(28)19-8-6-17(2)7-9-19)24(29)25(30)27(22)15-14-26(3)4/h5-13,22,28H,1,14-16H2,2-4H3/b23-21+/t22-/m1/s1. The number of Topliss-reactive ketones (excluding diaryl/α,β-unsaturated/α-hetero) is 1. The smallest absolute Gasteiger partial charge is 0.295 e. The Morgan fingerprint density at radius 2 is 1.77 bits per heavy atom. The van der Waals surface area contributed by atoms with Crippen LogP contribution in [0.25, 0.3) is 5.76 Å². The minimum absolute atomic E-state index is 0.104. The predicted octanol–water partition coefficient (Wildman–Crippen LogP) is 3.54. The van der Waals surface area contributed by atoms with E-state index in [4.69, 9.17) is 4.74 Å². The molecule has 0 saturated carbocycles. The molecule has 0 bridgehead atoms. The Kier molecular flexibility index (Phi) is 6.92. The quantitative estimate of drug-likeness (QED) is 0.306. The highest BCUT2D eigenvalue weighted by Gasteiger charge is 2.45. The topological polar surface area (TPSA) is 70.1 Å². The van der Waals surface area contributed by atoms with E-state index in [-0.39, 0.29) is 11.3 Å². The Hall–Kier alpha value is -3.38. The third-order valence-corrected chi connectivity index (χ3v) is 5.22. The second kappa shape index (κ2) is 9.62. The highest BCUT2D eigenvalue weighted by atomic mass is 16.5. The average molecular weight is 421 g/mol. The Morgan fingerprint density at radius 1 is 1.13 bits per heavy atom. The predicted molar refractivity (Wildman–Crippen MR) is 121 cm³/mol. The van der Waals surface area contributed by atoms with Crippen molar-refractivity contribution >= 4 is 17.4 Å². The van der Waals surface area contributed by atoms with Crippen molar-refractivity contribution in [2.75, 3.05) is 33.8 Å². The summed E-state index contributed by atoms with van der Waals surface area (Å²) in [5.74, 6) is -0.781. The van der Waals surface area contributed by atoms with Gasteiger partial charge in [-0.3, -0.25) is 9.59 Å². The van der Waals surface area contributed by atoms with E-state index >= 15 is 0 Å². The van der Waals surface area contributed by atoms with Gasteiger partial charge in [-0.2, -0.15) is 0 Å². The molecule has 1 fully saturated rings. The number of aliphatic hydroxyl groups is 1. The molecule has 1 atom stereocenters. The number of hydrogen-bond donors (Lipinski definition) is 1. The summed E-state index contributed by atoms with van der Waals surface area (Å²) in [5.41, 5.74) is 2.38. The first-order valence-corrected chi connectivity index (χ1v) is 10.2. The molecule has 3 rings (SSSR count). The maximum atomic E-state index is 13.0. The van der Waals surface area contributed by atoms with E-state index in [9.17, 15) is 14.7 Å². The highest BCUT2D eigenvalue weighted by Crippen LogP contribution is 2.39. The molecular formula is C25H28N2O4. The van der Waals surface area contributed by atoms with Crippen LogP contribution < -0.4 is 4.74 Å². The fourth-order valence-electron chi connectivity index (χ4n) is 3.53. The zero-order valence-corrected chi connectivity index (χ0v) is 18.2. The van der Waals surface area contributed by atoms with E-state index in [1.165, 1.54) is 4.90 Å². The maximum absolute atomic E-state index is 13.0. The van der Waals surface area contributed by atoms with Crippen LogP contribution in [0.15, 0.2) is 66.8 Å². The molecule has 1 saturated heterocycles. The first kappa shape index (κ1) is 22.3. The molecule has 0 unspecified atom stereocenters. The third kappa shape index (κ3) is 4.86. The number of rotatable bonds is 8. The van der Waals surface area contributed by atoms with Crippen LogP contribution in [0.4, 0.5) is 0 Å². The van der Waals surface area contributed by atoms with Crippen molar-refractivity contribution in [2.45, 2.75) is 13.0 Å². The number of carbonyl (C=O) groups is 2. The Balaban J connectivity index is 2.07. The molecule has 0 spiro atoms. The number of carbonyl (C=O) groups excluding carboxylic acids is 2. The molecule has 2 aromatic carbocycles. The van der Waals surface area contributed by atoms with Crippen LogP contribution in [0.3, 0.4) is 0 Å². The van der Waals surface area contributed by atoms with Crippen LogP contribution in [-0.2, 0) is 9.59 Å². The van der Waals surface area contributed by atoms with Gasteiger partial charge in [-0.15, -0.1) is 0 Å². The molecule has 2 aromatic rings. The summed E-state index contributed by atoms with van der Waals surface area (Å²) >= 11 is 0. The van der Waals surface area contributed by atoms with E-state index in [1.807, 2.05) is 50.2 Å². The molecule has 6 heteroatoms. The van der Waals surface area contributed by atoms with Gasteiger partial charge in [0.25, 0.3) is 11.7 Å². The normalized spacial score (nSPS) is 17.9. The molecule has 1 aliphatic rings. The zero-order valence-electron chi connectivity index (χ0n) is 18.2.